The number of aromatic nitrogens is 2. The summed E-state index contributed by atoms with van der Waals surface area (Å²) in [5.41, 5.74) is 0. The zero-order chi connectivity index (χ0) is 10.6. The first-order valence-electron chi connectivity index (χ1n) is 4.03. The molecule has 0 fully saturated rings. The highest BCUT2D eigenvalue weighted by atomic mass is 35.5. The van der Waals surface area contributed by atoms with Gasteiger partial charge in [-0.25, -0.2) is 4.98 Å². The third-order valence-electron chi connectivity index (χ3n) is 1.69. The number of anilines is 1. The molecule has 0 bridgehead atoms. The minimum absolute atomic E-state index is 0.189. The highest BCUT2D eigenvalue weighted by Crippen LogP contribution is 2.22. The van der Waals surface area contributed by atoms with Gasteiger partial charge in [-0.05, 0) is 11.6 Å². The topological polar surface area (TPSA) is 38.2 Å². The molecule has 14 heavy (non-hydrogen) atoms. The van der Waals surface area contributed by atoms with Crippen molar-refractivity contribution in [1.82, 2.24) is 9.97 Å². The van der Waals surface area contributed by atoms with Crippen LogP contribution in [-0.2, 0) is 4.74 Å². The number of rotatable bonds is 4. The molecule has 0 unspecified atom stereocenters. The van der Waals surface area contributed by atoms with Crippen LogP contribution in [0, 0.1) is 0 Å². The van der Waals surface area contributed by atoms with E-state index in [0.717, 1.165) is 0 Å². The number of hydrogen-bond donors (Lipinski definition) is 0. The number of halogens is 2. The molecule has 1 heterocycles. The van der Waals surface area contributed by atoms with Gasteiger partial charge in [0.1, 0.15) is 5.02 Å². The quantitative estimate of drug-likeness (QED) is 0.748. The second-order valence-electron chi connectivity index (χ2n) is 2.72. The molecule has 0 aromatic carbocycles. The Balaban J connectivity index is 2.77. The molecule has 0 amide bonds. The fourth-order valence-electron chi connectivity index (χ4n) is 0.939. The van der Waals surface area contributed by atoms with Crippen LogP contribution < -0.4 is 4.90 Å². The van der Waals surface area contributed by atoms with E-state index in [9.17, 15) is 0 Å². The van der Waals surface area contributed by atoms with Crippen molar-refractivity contribution in [3.63, 3.8) is 0 Å². The summed E-state index contributed by atoms with van der Waals surface area (Å²) in [6.07, 6.45) is 1.48. The second kappa shape index (κ2) is 5.34. The largest absolute Gasteiger partial charge is 0.383 e. The van der Waals surface area contributed by atoms with Crippen molar-refractivity contribution in [2.75, 3.05) is 32.2 Å². The van der Waals surface area contributed by atoms with Gasteiger partial charge in [0.2, 0.25) is 5.28 Å². The lowest BCUT2D eigenvalue weighted by molar-refractivity contribution is 0.206. The fraction of sp³-hybridized carbons (Fsp3) is 0.500. The van der Waals surface area contributed by atoms with Crippen LogP contribution in [0.25, 0.3) is 0 Å². The van der Waals surface area contributed by atoms with Crippen LogP contribution in [-0.4, -0.2) is 37.3 Å². The van der Waals surface area contributed by atoms with Gasteiger partial charge in [-0.2, -0.15) is 4.98 Å². The average Bonchev–Trinajstić information content (AvgIpc) is 2.18. The Morgan fingerprint density at radius 3 is 2.86 bits per heavy atom. The Kier molecular flexibility index (Phi) is 4.38. The Hall–Kier alpha value is -0.580. The van der Waals surface area contributed by atoms with Crippen LogP contribution in [0.3, 0.4) is 0 Å². The maximum Gasteiger partial charge on any atom is 0.224 e. The van der Waals surface area contributed by atoms with E-state index in [1.165, 1.54) is 6.20 Å². The first kappa shape index (κ1) is 11.5. The molecule has 1 rings (SSSR count). The highest BCUT2D eigenvalue weighted by molar-refractivity contribution is 6.33. The van der Waals surface area contributed by atoms with Crippen molar-refractivity contribution in [2.24, 2.45) is 0 Å². The highest BCUT2D eigenvalue weighted by Gasteiger charge is 2.08. The summed E-state index contributed by atoms with van der Waals surface area (Å²) in [6.45, 7) is 1.30. The molecule has 0 radical (unpaired) electrons. The SMILES string of the molecule is COCCN(C)c1nc(Cl)ncc1Cl. The number of methoxy groups -OCH3 is 1. The van der Waals surface area contributed by atoms with Gasteiger partial charge in [0, 0.05) is 20.7 Å². The van der Waals surface area contributed by atoms with Crippen LogP contribution in [0.2, 0.25) is 10.3 Å². The van der Waals surface area contributed by atoms with Crippen molar-refractivity contribution in [3.8, 4) is 0 Å². The predicted octanol–water partition coefficient (Wildman–Crippen LogP) is 1.87. The zero-order valence-corrected chi connectivity index (χ0v) is 9.51. The third kappa shape index (κ3) is 2.97. The third-order valence-corrected chi connectivity index (χ3v) is 2.14. The van der Waals surface area contributed by atoms with Gasteiger partial charge >= 0.3 is 0 Å². The van der Waals surface area contributed by atoms with Crippen LogP contribution in [0.15, 0.2) is 6.20 Å². The fourth-order valence-corrected chi connectivity index (χ4v) is 1.30. The van der Waals surface area contributed by atoms with Crippen LogP contribution in [0.1, 0.15) is 0 Å². The molecule has 6 heteroatoms. The van der Waals surface area contributed by atoms with Gasteiger partial charge < -0.3 is 9.64 Å². The minimum Gasteiger partial charge on any atom is -0.383 e. The lowest BCUT2D eigenvalue weighted by Crippen LogP contribution is -2.23. The summed E-state index contributed by atoms with van der Waals surface area (Å²) in [5.74, 6) is 0.615. The Labute approximate surface area is 92.8 Å². The number of nitrogens with zero attached hydrogens (tertiary/aromatic N) is 3. The molecule has 4 nitrogen and oxygen atoms in total. The smallest absolute Gasteiger partial charge is 0.224 e. The van der Waals surface area contributed by atoms with Gasteiger partial charge in [0.25, 0.3) is 0 Å². The van der Waals surface area contributed by atoms with Gasteiger partial charge in [-0.15, -0.1) is 0 Å². The molecule has 0 saturated heterocycles. The summed E-state index contributed by atoms with van der Waals surface area (Å²) < 4.78 is 4.94. The molecular formula is C8H11Cl2N3O. The lowest BCUT2D eigenvalue weighted by atomic mass is 10.5. The lowest BCUT2D eigenvalue weighted by Gasteiger charge is -2.18. The molecule has 1 aromatic rings. The van der Waals surface area contributed by atoms with E-state index in [0.29, 0.717) is 24.0 Å². The standard InChI is InChI=1S/C8H11Cl2N3O/c1-13(3-4-14-2)7-6(9)5-11-8(10)12-7/h5H,3-4H2,1-2H3. The second-order valence-corrected chi connectivity index (χ2v) is 3.47. The molecule has 0 aliphatic carbocycles. The molecule has 0 aliphatic heterocycles. The Morgan fingerprint density at radius 2 is 2.21 bits per heavy atom. The Bertz CT molecular complexity index is 309. The van der Waals surface area contributed by atoms with Crippen molar-refractivity contribution in [3.05, 3.63) is 16.5 Å². The van der Waals surface area contributed by atoms with Crippen molar-refractivity contribution >= 4 is 29.0 Å². The van der Waals surface area contributed by atoms with Crippen LogP contribution >= 0.6 is 23.2 Å². The summed E-state index contributed by atoms with van der Waals surface area (Å²) in [6, 6.07) is 0. The molecule has 1 aromatic heterocycles. The van der Waals surface area contributed by atoms with Gasteiger partial charge in [-0.1, -0.05) is 11.6 Å². The summed E-state index contributed by atoms with van der Waals surface area (Å²) in [5, 5.41) is 0.668. The van der Waals surface area contributed by atoms with E-state index < -0.39 is 0 Å². The van der Waals surface area contributed by atoms with E-state index in [1.54, 1.807) is 7.11 Å². The molecular weight excluding hydrogens is 225 g/mol. The van der Waals surface area contributed by atoms with Gasteiger partial charge in [-0.3, -0.25) is 0 Å². The first-order chi connectivity index (χ1) is 6.65. The van der Waals surface area contributed by atoms with E-state index >= 15 is 0 Å². The molecule has 0 atom stereocenters. The predicted molar refractivity (Wildman–Crippen MR) is 57.2 cm³/mol. The van der Waals surface area contributed by atoms with Gasteiger partial charge in [0.05, 0.1) is 12.8 Å². The molecule has 0 N–H and O–H groups in total. The molecule has 78 valence electrons. The Morgan fingerprint density at radius 1 is 1.50 bits per heavy atom. The monoisotopic (exact) mass is 235 g/mol. The molecule has 0 spiro atoms. The minimum atomic E-state index is 0.189. The van der Waals surface area contributed by atoms with Crippen molar-refractivity contribution in [1.29, 1.82) is 0 Å². The van der Waals surface area contributed by atoms with Crippen LogP contribution in [0.5, 0.6) is 0 Å². The summed E-state index contributed by atoms with van der Waals surface area (Å²) in [4.78, 5) is 9.65. The summed E-state index contributed by atoms with van der Waals surface area (Å²) >= 11 is 11.6. The number of ether oxygens (including phenoxy) is 1. The maximum absolute atomic E-state index is 5.90. The normalized spacial score (nSPS) is 10.3. The van der Waals surface area contributed by atoms with Crippen LogP contribution in [0.4, 0.5) is 5.82 Å². The molecule has 0 saturated carbocycles. The average molecular weight is 236 g/mol. The van der Waals surface area contributed by atoms with Crippen molar-refractivity contribution < 1.29 is 4.74 Å². The van der Waals surface area contributed by atoms with E-state index in [-0.39, 0.29) is 5.28 Å². The van der Waals surface area contributed by atoms with E-state index in [1.807, 2.05) is 11.9 Å². The first-order valence-corrected chi connectivity index (χ1v) is 4.79. The zero-order valence-electron chi connectivity index (χ0n) is 8.00. The van der Waals surface area contributed by atoms with Gasteiger partial charge in [0.15, 0.2) is 5.82 Å². The maximum atomic E-state index is 5.90. The van der Waals surface area contributed by atoms with E-state index in [2.05, 4.69) is 9.97 Å². The number of likely N-dealkylation sites (N-methyl/N-ethyl adjacent to an activating group) is 1. The molecule has 0 aliphatic rings. The summed E-state index contributed by atoms with van der Waals surface area (Å²) in [7, 11) is 3.51. The van der Waals surface area contributed by atoms with E-state index in [4.69, 9.17) is 27.9 Å². The number of hydrogen-bond acceptors (Lipinski definition) is 4. The van der Waals surface area contributed by atoms with Crippen molar-refractivity contribution in [2.45, 2.75) is 0 Å².